The van der Waals surface area contributed by atoms with Crippen molar-refractivity contribution in [2.24, 2.45) is 5.92 Å². The summed E-state index contributed by atoms with van der Waals surface area (Å²) in [6, 6.07) is 0. The molecule has 1 aromatic heterocycles. The third-order valence-corrected chi connectivity index (χ3v) is 2.41. The molecule has 0 amide bonds. The molecule has 1 N–H and O–H groups in total. The fourth-order valence-electron chi connectivity index (χ4n) is 1.66. The third kappa shape index (κ3) is 1.85. The average molecular weight is 166 g/mol. The number of rotatable bonds is 3. The third-order valence-electron chi connectivity index (χ3n) is 2.41. The maximum Gasteiger partial charge on any atom is 0.193 e. The molecule has 66 valence electrons. The van der Waals surface area contributed by atoms with Gasteiger partial charge in [0.1, 0.15) is 6.26 Å². The molecular weight excluding hydrogens is 152 g/mol. The Kier molecular flexibility index (Phi) is 2.42. The number of nitrogens with one attached hydrogen (secondary N) is 1. The molecule has 1 aliphatic rings. The number of oxazole rings is 1. The van der Waals surface area contributed by atoms with Gasteiger partial charge >= 0.3 is 0 Å². The molecule has 12 heavy (non-hydrogen) atoms. The van der Waals surface area contributed by atoms with Crippen LogP contribution in [0.2, 0.25) is 0 Å². The second kappa shape index (κ2) is 3.72. The Morgan fingerprint density at radius 1 is 1.67 bits per heavy atom. The van der Waals surface area contributed by atoms with E-state index in [9.17, 15) is 0 Å². The minimum Gasteiger partial charge on any atom is -0.449 e. The molecule has 1 aromatic rings. The van der Waals surface area contributed by atoms with Gasteiger partial charge in [0.05, 0.1) is 6.20 Å². The average Bonchev–Trinajstić information content (AvgIpc) is 2.74. The summed E-state index contributed by atoms with van der Waals surface area (Å²) in [5.74, 6) is 1.71. The summed E-state index contributed by atoms with van der Waals surface area (Å²) < 4.78 is 5.16. The van der Waals surface area contributed by atoms with Gasteiger partial charge in [-0.1, -0.05) is 0 Å². The molecule has 1 aliphatic heterocycles. The van der Waals surface area contributed by atoms with E-state index in [0.717, 1.165) is 18.2 Å². The summed E-state index contributed by atoms with van der Waals surface area (Å²) in [5, 5.41) is 3.35. The highest BCUT2D eigenvalue weighted by Crippen LogP contribution is 2.14. The molecule has 0 aromatic carbocycles. The van der Waals surface area contributed by atoms with Crippen LogP contribution >= 0.6 is 0 Å². The second-order valence-electron chi connectivity index (χ2n) is 3.32. The van der Waals surface area contributed by atoms with Crippen LogP contribution in [-0.4, -0.2) is 18.1 Å². The van der Waals surface area contributed by atoms with Crippen molar-refractivity contribution in [3.8, 4) is 0 Å². The Morgan fingerprint density at radius 2 is 2.67 bits per heavy atom. The first kappa shape index (κ1) is 7.80. The molecule has 3 heteroatoms. The van der Waals surface area contributed by atoms with Crippen LogP contribution in [0, 0.1) is 5.92 Å². The molecule has 2 heterocycles. The van der Waals surface area contributed by atoms with Crippen LogP contribution < -0.4 is 5.32 Å². The Hall–Kier alpha value is -0.830. The first-order chi connectivity index (χ1) is 5.95. The lowest BCUT2D eigenvalue weighted by atomic mass is 10.0. The lowest BCUT2D eigenvalue weighted by Gasteiger charge is -2.04. The molecule has 3 nitrogen and oxygen atoms in total. The Labute approximate surface area is 72.2 Å². The maximum atomic E-state index is 5.16. The molecule has 1 atom stereocenters. The van der Waals surface area contributed by atoms with Crippen LogP contribution in [0.15, 0.2) is 16.9 Å². The van der Waals surface area contributed by atoms with Gasteiger partial charge in [0, 0.05) is 6.42 Å². The van der Waals surface area contributed by atoms with Crippen LogP contribution in [0.25, 0.3) is 0 Å². The predicted octanol–water partition coefficient (Wildman–Crippen LogP) is 1.22. The molecule has 1 saturated heterocycles. The highest BCUT2D eigenvalue weighted by molar-refractivity contribution is 4.82. The van der Waals surface area contributed by atoms with Gasteiger partial charge in [0.2, 0.25) is 0 Å². The van der Waals surface area contributed by atoms with Crippen molar-refractivity contribution < 1.29 is 4.42 Å². The summed E-state index contributed by atoms with van der Waals surface area (Å²) in [5.41, 5.74) is 0. The molecule has 0 bridgehead atoms. The number of hydrogen-bond acceptors (Lipinski definition) is 3. The molecule has 0 aliphatic carbocycles. The second-order valence-corrected chi connectivity index (χ2v) is 3.32. The van der Waals surface area contributed by atoms with Crippen LogP contribution in [0.5, 0.6) is 0 Å². The van der Waals surface area contributed by atoms with Crippen molar-refractivity contribution in [1.82, 2.24) is 10.3 Å². The van der Waals surface area contributed by atoms with E-state index in [2.05, 4.69) is 10.3 Å². The number of aromatic nitrogens is 1. The SMILES string of the molecule is c1coc(CCC2CCNC2)n1. The lowest BCUT2D eigenvalue weighted by molar-refractivity contribution is 0.448. The fraction of sp³-hybridized carbons (Fsp3) is 0.667. The van der Waals surface area contributed by atoms with Crippen molar-refractivity contribution in [2.75, 3.05) is 13.1 Å². The molecule has 0 radical (unpaired) electrons. The van der Waals surface area contributed by atoms with Crippen molar-refractivity contribution >= 4 is 0 Å². The van der Waals surface area contributed by atoms with E-state index in [-0.39, 0.29) is 0 Å². The van der Waals surface area contributed by atoms with E-state index in [4.69, 9.17) is 4.42 Å². The van der Waals surface area contributed by atoms with Gasteiger partial charge in [0.15, 0.2) is 5.89 Å². The Bertz CT molecular complexity index is 214. The number of nitrogens with zero attached hydrogens (tertiary/aromatic N) is 1. The number of hydrogen-bond donors (Lipinski definition) is 1. The minimum absolute atomic E-state index is 0.830. The van der Waals surface area contributed by atoms with Crippen molar-refractivity contribution in [3.63, 3.8) is 0 Å². The summed E-state index contributed by atoms with van der Waals surface area (Å²) in [4.78, 5) is 4.09. The van der Waals surface area contributed by atoms with Gasteiger partial charge in [-0.3, -0.25) is 0 Å². The molecule has 0 spiro atoms. The topological polar surface area (TPSA) is 38.1 Å². The van der Waals surface area contributed by atoms with Gasteiger partial charge in [-0.15, -0.1) is 0 Å². The van der Waals surface area contributed by atoms with E-state index in [1.54, 1.807) is 12.5 Å². The quantitative estimate of drug-likeness (QED) is 0.733. The van der Waals surface area contributed by atoms with Gasteiger partial charge in [0.25, 0.3) is 0 Å². The van der Waals surface area contributed by atoms with E-state index < -0.39 is 0 Å². The van der Waals surface area contributed by atoms with Gasteiger partial charge in [-0.2, -0.15) is 0 Å². The lowest BCUT2D eigenvalue weighted by Crippen LogP contribution is -2.09. The van der Waals surface area contributed by atoms with E-state index in [0.29, 0.717) is 0 Å². The summed E-state index contributed by atoms with van der Waals surface area (Å²) >= 11 is 0. The molecule has 1 unspecified atom stereocenters. The van der Waals surface area contributed by atoms with Crippen molar-refractivity contribution in [2.45, 2.75) is 19.3 Å². The smallest absolute Gasteiger partial charge is 0.193 e. The normalized spacial score (nSPS) is 23.2. The molecular formula is C9H14N2O. The summed E-state index contributed by atoms with van der Waals surface area (Å²) in [6.45, 7) is 2.34. The minimum atomic E-state index is 0.830. The predicted molar refractivity (Wildman–Crippen MR) is 45.8 cm³/mol. The van der Waals surface area contributed by atoms with E-state index in [1.165, 1.54) is 25.9 Å². The van der Waals surface area contributed by atoms with Gasteiger partial charge < -0.3 is 9.73 Å². The van der Waals surface area contributed by atoms with E-state index >= 15 is 0 Å². The largest absolute Gasteiger partial charge is 0.449 e. The summed E-state index contributed by atoms with van der Waals surface area (Å²) in [6.07, 6.45) is 6.85. The van der Waals surface area contributed by atoms with Crippen LogP contribution in [0.1, 0.15) is 18.7 Å². The monoisotopic (exact) mass is 166 g/mol. The zero-order valence-corrected chi connectivity index (χ0v) is 7.12. The first-order valence-corrected chi connectivity index (χ1v) is 4.54. The van der Waals surface area contributed by atoms with Crippen LogP contribution in [0.4, 0.5) is 0 Å². The zero-order valence-electron chi connectivity index (χ0n) is 7.12. The maximum absolute atomic E-state index is 5.16. The number of aryl methyl sites for hydroxylation is 1. The highest BCUT2D eigenvalue weighted by Gasteiger charge is 2.14. The molecule has 0 saturated carbocycles. The zero-order chi connectivity index (χ0) is 8.23. The molecule has 1 fully saturated rings. The van der Waals surface area contributed by atoms with Crippen molar-refractivity contribution in [3.05, 3.63) is 18.4 Å². The molecule has 2 rings (SSSR count). The summed E-state index contributed by atoms with van der Waals surface area (Å²) in [7, 11) is 0. The Balaban J connectivity index is 1.74. The Morgan fingerprint density at radius 3 is 3.33 bits per heavy atom. The first-order valence-electron chi connectivity index (χ1n) is 4.54. The standard InChI is InChI=1S/C9H14N2O/c1(8-3-4-10-7-8)2-9-11-5-6-12-9/h5-6,8,10H,1-4,7H2. The van der Waals surface area contributed by atoms with Crippen molar-refractivity contribution in [1.29, 1.82) is 0 Å². The van der Waals surface area contributed by atoms with Gasteiger partial charge in [-0.25, -0.2) is 4.98 Å². The van der Waals surface area contributed by atoms with Gasteiger partial charge in [-0.05, 0) is 31.8 Å². The van der Waals surface area contributed by atoms with Crippen LogP contribution in [-0.2, 0) is 6.42 Å². The highest BCUT2D eigenvalue weighted by atomic mass is 16.3. The van der Waals surface area contributed by atoms with Crippen LogP contribution in [0.3, 0.4) is 0 Å². The van der Waals surface area contributed by atoms with E-state index in [1.807, 2.05) is 0 Å². The fourth-order valence-corrected chi connectivity index (χ4v) is 1.66.